The van der Waals surface area contributed by atoms with Crippen LogP contribution in [-0.2, 0) is 9.59 Å². The molecule has 116 valence electrons. The van der Waals surface area contributed by atoms with Crippen molar-refractivity contribution in [2.75, 3.05) is 5.75 Å². The average Bonchev–Trinajstić information content (AvgIpc) is 2.44. The molecule has 1 amide bonds. The van der Waals surface area contributed by atoms with Crippen molar-refractivity contribution in [1.29, 1.82) is 0 Å². The lowest BCUT2D eigenvalue weighted by atomic mass is 10.1. The number of carbonyl (C=O) groups is 2. The second-order valence-corrected chi connectivity index (χ2v) is 7.11. The maximum absolute atomic E-state index is 11.8. The standard InChI is InChI=1S/C13H12N2O5S2/c1-5-2-6(3-8(16)20-5)22-7-4-21-12-9(14)11(17)15(12)10(7)13(18)19/h2-3,9,12H,4,14H2,1H3,(H,18,19)/t9-,12+/m1/s1. The molecule has 0 radical (unpaired) electrons. The van der Waals surface area contributed by atoms with Crippen LogP contribution in [0.4, 0.5) is 0 Å². The van der Waals surface area contributed by atoms with Crippen LogP contribution in [0.5, 0.6) is 0 Å². The van der Waals surface area contributed by atoms with E-state index in [2.05, 4.69) is 0 Å². The Hall–Kier alpha value is -1.71. The quantitative estimate of drug-likeness (QED) is 0.768. The van der Waals surface area contributed by atoms with E-state index in [4.69, 9.17) is 10.2 Å². The van der Waals surface area contributed by atoms with Crippen LogP contribution < -0.4 is 11.4 Å². The number of fused-ring (bicyclic) bond motifs is 1. The molecule has 0 spiro atoms. The zero-order valence-corrected chi connectivity index (χ0v) is 13.1. The summed E-state index contributed by atoms with van der Waals surface area (Å²) in [5.74, 6) is -0.701. The summed E-state index contributed by atoms with van der Waals surface area (Å²) in [6.07, 6.45) is 0. The smallest absolute Gasteiger partial charge is 0.353 e. The number of aryl methyl sites for hydroxylation is 1. The summed E-state index contributed by atoms with van der Waals surface area (Å²) >= 11 is 2.57. The highest BCUT2D eigenvalue weighted by molar-refractivity contribution is 8.06. The Morgan fingerprint density at radius 1 is 1.50 bits per heavy atom. The summed E-state index contributed by atoms with van der Waals surface area (Å²) in [4.78, 5) is 37.1. The number of carboxylic acid groups (broad SMARTS) is 1. The minimum absolute atomic E-state index is 0.0497. The van der Waals surface area contributed by atoms with E-state index in [-0.39, 0.29) is 11.1 Å². The molecule has 2 atom stereocenters. The molecule has 3 rings (SSSR count). The van der Waals surface area contributed by atoms with E-state index in [0.717, 1.165) is 11.8 Å². The fourth-order valence-electron chi connectivity index (χ4n) is 2.34. The molecule has 1 aromatic heterocycles. The lowest BCUT2D eigenvalue weighted by Crippen LogP contribution is -2.68. The van der Waals surface area contributed by atoms with Crippen LogP contribution in [0.2, 0.25) is 0 Å². The van der Waals surface area contributed by atoms with Gasteiger partial charge < -0.3 is 15.3 Å². The van der Waals surface area contributed by atoms with Crippen molar-refractivity contribution in [2.24, 2.45) is 5.73 Å². The number of nitrogens with two attached hydrogens (primary N) is 1. The van der Waals surface area contributed by atoms with Crippen molar-refractivity contribution in [2.45, 2.75) is 23.2 Å². The monoisotopic (exact) mass is 340 g/mol. The molecular weight excluding hydrogens is 328 g/mol. The minimum atomic E-state index is -1.17. The maximum atomic E-state index is 11.8. The number of aliphatic carboxylic acids is 1. The molecule has 0 unspecified atom stereocenters. The first-order valence-corrected chi connectivity index (χ1v) is 8.21. The molecule has 1 aromatic rings. The predicted octanol–water partition coefficient (Wildman–Crippen LogP) is 0.579. The highest BCUT2D eigenvalue weighted by Crippen LogP contribution is 2.44. The second kappa shape index (κ2) is 5.49. The van der Waals surface area contributed by atoms with Gasteiger partial charge in [0.05, 0.1) is 0 Å². The molecule has 1 saturated heterocycles. The van der Waals surface area contributed by atoms with Gasteiger partial charge in [-0.1, -0.05) is 11.8 Å². The first-order chi connectivity index (χ1) is 10.4. The molecule has 1 fully saturated rings. The topological polar surface area (TPSA) is 114 Å². The molecule has 2 aliphatic rings. The molecule has 7 nitrogen and oxygen atoms in total. The van der Waals surface area contributed by atoms with Crippen LogP contribution in [0.1, 0.15) is 5.76 Å². The van der Waals surface area contributed by atoms with Gasteiger partial charge in [-0.2, -0.15) is 0 Å². The Morgan fingerprint density at radius 2 is 2.23 bits per heavy atom. The highest BCUT2D eigenvalue weighted by atomic mass is 32.2. The van der Waals surface area contributed by atoms with E-state index in [1.54, 1.807) is 13.0 Å². The summed E-state index contributed by atoms with van der Waals surface area (Å²) in [5, 5.41) is 9.10. The third-order valence-electron chi connectivity index (χ3n) is 3.29. The summed E-state index contributed by atoms with van der Waals surface area (Å²) in [5.41, 5.74) is 5.14. The molecule has 0 saturated carbocycles. The number of carbonyl (C=O) groups excluding carboxylic acids is 1. The Morgan fingerprint density at radius 3 is 2.86 bits per heavy atom. The molecule has 9 heteroatoms. The van der Waals surface area contributed by atoms with Crippen molar-refractivity contribution in [3.8, 4) is 0 Å². The number of hydrogen-bond acceptors (Lipinski definition) is 7. The largest absolute Gasteiger partial charge is 0.477 e. The van der Waals surface area contributed by atoms with E-state index >= 15 is 0 Å². The number of β-lactam (4-membered cyclic amide) rings is 1. The van der Waals surface area contributed by atoms with E-state index in [1.165, 1.54) is 22.7 Å². The van der Waals surface area contributed by atoms with Crippen LogP contribution >= 0.6 is 23.5 Å². The first-order valence-electron chi connectivity index (χ1n) is 6.35. The first kappa shape index (κ1) is 15.2. The fraction of sp³-hybridized carbons (Fsp3) is 0.308. The fourth-order valence-corrected chi connectivity index (χ4v) is 4.87. The molecular formula is C13H12N2O5S2. The number of thioether (sulfide) groups is 2. The molecule has 3 N–H and O–H groups in total. The summed E-state index contributed by atoms with van der Waals surface area (Å²) in [6, 6.07) is 2.29. The van der Waals surface area contributed by atoms with E-state index < -0.39 is 23.5 Å². The Kier molecular flexibility index (Phi) is 3.79. The van der Waals surface area contributed by atoms with Crippen LogP contribution in [0.3, 0.4) is 0 Å². The molecule has 0 aromatic carbocycles. The minimum Gasteiger partial charge on any atom is -0.477 e. The van der Waals surface area contributed by atoms with Crippen LogP contribution in [0.25, 0.3) is 0 Å². The molecule has 0 aliphatic carbocycles. The van der Waals surface area contributed by atoms with Gasteiger partial charge in [-0.3, -0.25) is 9.69 Å². The van der Waals surface area contributed by atoms with Crippen molar-refractivity contribution in [1.82, 2.24) is 4.90 Å². The predicted molar refractivity (Wildman–Crippen MR) is 81.3 cm³/mol. The number of nitrogens with zero attached hydrogens (tertiary/aromatic N) is 1. The van der Waals surface area contributed by atoms with E-state index in [1.807, 2.05) is 0 Å². The van der Waals surface area contributed by atoms with Crippen LogP contribution in [0.15, 0.2) is 36.8 Å². The van der Waals surface area contributed by atoms with Gasteiger partial charge >= 0.3 is 11.6 Å². The van der Waals surface area contributed by atoms with Crippen LogP contribution in [0, 0.1) is 6.92 Å². The van der Waals surface area contributed by atoms with Gasteiger partial charge in [0.25, 0.3) is 0 Å². The summed E-state index contributed by atoms with van der Waals surface area (Å²) in [7, 11) is 0. The lowest BCUT2D eigenvalue weighted by molar-refractivity contribution is -0.147. The zero-order valence-electron chi connectivity index (χ0n) is 11.4. The maximum Gasteiger partial charge on any atom is 0.353 e. The average molecular weight is 340 g/mol. The summed E-state index contributed by atoms with van der Waals surface area (Å²) < 4.78 is 4.87. The van der Waals surface area contributed by atoms with Gasteiger partial charge in [-0.05, 0) is 13.0 Å². The lowest BCUT2D eigenvalue weighted by Gasteiger charge is -2.47. The SMILES string of the molecule is Cc1cc(SC2=C(C(=O)O)N3C(=O)[C@@H](N)[C@@H]3SC2)cc(=O)o1. The van der Waals surface area contributed by atoms with E-state index in [0.29, 0.717) is 21.3 Å². The van der Waals surface area contributed by atoms with Crippen molar-refractivity contribution in [3.63, 3.8) is 0 Å². The van der Waals surface area contributed by atoms with Crippen molar-refractivity contribution >= 4 is 35.4 Å². The van der Waals surface area contributed by atoms with Gasteiger partial charge in [-0.25, -0.2) is 9.59 Å². The Balaban J connectivity index is 1.98. The molecule has 2 aliphatic heterocycles. The van der Waals surface area contributed by atoms with E-state index in [9.17, 15) is 19.5 Å². The molecule has 22 heavy (non-hydrogen) atoms. The third kappa shape index (κ3) is 2.44. The Labute approximate surface area is 133 Å². The second-order valence-electron chi connectivity index (χ2n) is 4.84. The summed E-state index contributed by atoms with van der Waals surface area (Å²) in [6.45, 7) is 1.64. The molecule has 0 bridgehead atoms. The van der Waals surface area contributed by atoms with Gasteiger partial charge in [0.2, 0.25) is 5.91 Å². The number of rotatable bonds is 3. The van der Waals surface area contributed by atoms with Gasteiger partial charge in [-0.15, -0.1) is 11.8 Å². The zero-order chi connectivity index (χ0) is 16.0. The highest BCUT2D eigenvalue weighted by Gasteiger charge is 2.51. The van der Waals surface area contributed by atoms with Crippen molar-refractivity contribution in [3.05, 3.63) is 38.9 Å². The third-order valence-corrected chi connectivity index (χ3v) is 5.82. The van der Waals surface area contributed by atoms with Crippen LogP contribution in [-0.4, -0.2) is 39.1 Å². The number of carboxylic acids is 1. The normalized spacial score (nSPS) is 24.1. The number of hydrogen-bond donors (Lipinski definition) is 2. The van der Waals surface area contributed by atoms with Gasteiger partial charge in [0.1, 0.15) is 22.9 Å². The molecule has 3 heterocycles. The van der Waals surface area contributed by atoms with Gasteiger partial charge in [0.15, 0.2) is 0 Å². The van der Waals surface area contributed by atoms with Gasteiger partial charge in [0, 0.05) is 21.6 Å². The van der Waals surface area contributed by atoms with Crippen molar-refractivity contribution < 1.29 is 19.1 Å². The number of amides is 1. The Bertz CT molecular complexity index is 757.